The monoisotopic (exact) mass is 426 g/mol. The van der Waals surface area contributed by atoms with E-state index in [0.717, 1.165) is 24.2 Å². The fourth-order valence-corrected chi connectivity index (χ4v) is 9.28. The van der Waals surface area contributed by atoms with Crippen LogP contribution >= 0.6 is 0 Å². The van der Waals surface area contributed by atoms with Gasteiger partial charge < -0.3 is 5.11 Å². The molecule has 0 saturated heterocycles. The van der Waals surface area contributed by atoms with Crippen molar-refractivity contribution in [2.24, 2.45) is 51.2 Å². The van der Waals surface area contributed by atoms with E-state index >= 15 is 0 Å². The smallest absolute Gasteiger partial charge is 0.0594 e. The molecule has 0 bridgehead atoms. The second kappa shape index (κ2) is 7.75. The van der Waals surface area contributed by atoms with Gasteiger partial charge in [-0.25, -0.2) is 0 Å². The van der Waals surface area contributed by atoms with Crippen molar-refractivity contribution in [2.75, 3.05) is 0 Å². The number of aliphatic hydroxyl groups is 1. The van der Waals surface area contributed by atoms with Crippen molar-refractivity contribution in [3.63, 3.8) is 0 Å². The zero-order valence-corrected chi connectivity index (χ0v) is 21.8. The predicted molar refractivity (Wildman–Crippen MR) is 133 cm³/mol. The topological polar surface area (TPSA) is 20.2 Å². The van der Waals surface area contributed by atoms with E-state index in [1.165, 1.54) is 44.9 Å². The Labute approximate surface area is 193 Å². The lowest BCUT2D eigenvalue weighted by atomic mass is 9.41. The average molecular weight is 427 g/mol. The number of hydrogen-bond acceptors (Lipinski definition) is 1. The van der Waals surface area contributed by atoms with Gasteiger partial charge in [0.25, 0.3) is 0 Å². The van der Waals surface area contributed by atoms with E-state index in [0.29, 0.717) is 28.1 Å². The van der Waals surface area contributed by atoms with Crippen LogP contribution in [0.5, 0.6) is 0 Å². The van der Waals surface area contributed by atoms with Gasteiger partial charge in [0.15, 0.2) is 0 Å². The number of rotatable bonds is 4. The molecule has 0 aromatic rings. The molecule has 0 amide bonds. The van der Waals surface area contributed by atoms with E-state index in [1.54, 1.807) is 0 Å². The van der Waals surface area contributed by atoms with E-state index < -0.39 is 0 Å². The molecular weight excluding hydrogens is 376 g/mol. The van der Waals surface area contributed by atoms with Crippen LogP contribution in [-0.2, 0) is 0 Å². The highest BCUT2D eigenvalue weighted by atomic mass is 16.3. The van der Waals surface area contributed by atoms with Gasteiger partial charge in [0.1, 0.15) is 0 Å². The largest absolute Gasteiger partial charge is 0.393 e. The van der Waals surface area contributed by atoms with Crippen LogP contribution in [0, 0.1) is 51.2 Å². The first-order valence-electron chi connectivity index (χ1n) is 13.4. The van der Waals surface area contributed by atoms with Crippen LogP contribution < -0.4 is 0 Å². The molecule has 1 heteroatoms. The summed E-state index contributed by atoms with van der Waals surface area (Å²) in [6, 6.07) is 0. The summed E-state index contributed by atoms with van der Waals surface area (Å²) in [6.45, 7) is 19.7. The molecule has 8 unspecified atom stereocenters. The Hall–Kier alpha value is -0.560. The Kier molecular flexibility index (Phi) is 5.90. The summed E-state index contributed by atoms with van der Waals surface area (Å²) >= 11 is 0. The van der Waals surface area contributed by atoms with E-state index in [9.17, 15) is 5.11 Å². The third-order valence-corrected chi connectivity index (χ3v) is 11.6. The quantitative estimate of drug-likeness (QED) is 0.449. The Balaban J connectivity index is 1.64. The molecule has 3 fully saturated rings. The van der Waals surface area contributed by atoms with Gasteiger partial charge in [-0.15, -0.1) is 0 Å². The first-order valence-corrected chi connectivity index (χ1v) is 13.4. The Morgan fingerprint density at radius 2 is 1.71 bits per heavy atom. The number of hydrogen-bond donors (Lipinski definition) is 1. The van der Waals surface area contributed by atoms with Crippen LogP contribution in [0.2, 0.25) is 0 Å². The lowest BCUT2D eigenvalue weighted by molar-refractivity contribution is -0.131. The molecular formula is C30H50O. The van der Waals surface area contributed by atoms with Crippen molar-refractivity contribution >= 4 is 0 Å². The molecule has 8 atom stereocenters. The molecule has 176 valence electrons. The van der Waals surface area contributed by atoms with Gasteiger partial charge in [0, 0.05) is 0 Å². The highest BCUT2D eigenvalue weighted by molar-refractivity contribution is 5.33. The maximum atomic E-state index is 10.8. The molecule has 4 aliphatic rings. The predicted octanol–water partition coefficient (Wildman–Crippen LogP) is 8.19. The van der Waals surface area contributed by atoms with Gasteiger partial charge in [0.2, 0.25) is 0 Å². The van der Waals surface area contributed by atoms with Gasteiger partial charge in [0.05, 0.1) is 6.10 Å². The lowest BCUT2D eigenvalue weighted by Crippen LogP contribution is -2.58. The summed E-state index contributed by atoms with van der Waals surface area (Å²) in [5, 5.41) is 10.8. The molecule has 0 aromatic carbocycles. The van der Waals surface area contributed by atoms with Crippen molar-refractivity contribution in [2.45, 2.75) is 113 Å². The third-order valence-electron chi connectivity index (χ3n) is 11.6. The summed E-state index contributed by atoms with van der Waals surface area (Å²) in [6.07, 6.45) is 17.6. The minimum Gasteiger partial charge on any atom is -0.393 e. The standard InChI is InChI=1S/C30H50O/c1-20(2)10-9-11-21(3)22-14-18-30(8)24-12-13-25-27(4,5)26(31)16-17-28(25,6)23(24)15-19-29(22,30)7/h9,11-12,20-23,25-26,31H,10,13-19H2,1-8H3. The zero-order chi connectivity index (χ0) is 22.8. The van der Waals surface area contributed by atoms with Crippen molar-refractivity contribution in [3.05, 3.63) is 23.8 Å². The second-order valence-electron chi connectivity index (χ2n) is 13.7. The van der Waals surface area contributed by atoms with E-state index in [4.69, 9.17) is 0 Å². The fraction of sp³-hybridized carbons (Fsp3) is 0.867. The molecule has 31 heavy (non-hydrogen) atoms. The normalized spacial score (nSPS) is 47.6. The average Bonchev–Trinajstić information content (AvgIpc) is 2.96. The molecule has 4 rings (SSSR count). The summed E-state index contributed by atoms with van der Waals surface area (Å²) in [5.41, 5.74) is 2.99. The van der Waals surface area contributed by atoms with Gasteiger partial charge in [-0.1, -0.05) is 79.2 Å². The van der Waals surface area contributed by atoms with Crippen LogP contribution in [0.1, 0.15) is 107 Å². The van der Waals surface area contributed by atoms with E-state index in [2.05, 4.69) is 73.6 Å². The number of aliphatic hydroxyl groups excluding tert-OH is 1. The Bertz CT molecular complexity index is 744. The molecule has 0 radical (unpaired) electrons. The van der Waals surface area contributed by atoms with Crippen LogP contribution in [0.25, 0.3) is 0 Å². The lowest BCUT2D eigenvalue weighted by Gasteiger charge is -2.64. The molecule has 3 saturated carbocycles. The van der Waals surface area contributed by atoms with Crippen LogP contribution in [0.4, 0.5) is 0 Å². The molecule has 1 N–H and O–H groups in total. The summed E-state index contributed by atoms with van der Waals surface area (Å²) in [5.74, 6) is 3.57. The van der Waals surface area contributed by atoms with Crippen molar-refractivity contribution in [1.29, 1.82) is 0 Å². The highest BCUT2D eigenvalue weighted by Gasteiger charge is 2.65. The van der Waals surface area contributed by atoms with Crippen LogP contribution in [0.3, 0.4) is 0 Å². The maximum Gasteiger partial charge on any atom is 0.0594 e. The Morgan fingerprint density at radius 1 is 1.00 bits per heavy atom. The second-order valence-corrected chi connectivity index (χ2v) is 13.7. The van der Waals surface area contributed by atoms with Gasteiger partial charge in [-0.05, 0) is 103 Å². The fourth-order valence-electron chi connectivity index (χ4n) is 9.28. The third kappa shape index (κ3) is 3.34. The molecule has 0 spiro atoms. The SMILES string of the molecule is CC(C)CC=CC(C)C1CCC2(C)C3=CCC4C(C)(C)C(O)CCC4(C)C3CCC12C. The molecule has 1 nitrogen and oxygen atoms in total. The molecule has 0 aromatic heterocycles. The van der Waals surface area contributed by atoms with Crippen molar-refractivity contribution < 1.29 is 5.11 Å². The zero-order valence-electron chi connectivity index (χ0n) is 21.8. The van der Waals surface area contributed by atoms with Gasteiger partial charge >= 0.3 is 0 Å². The van der Waals surface area contributed by atoms with E-state index in [-0.39, 0.29) is 11.5 Å². The van der Waals surface area contributed by atoms with Crippen molar-refractivity contribution in [3.8, 4) is 0 Å². The molecule has 0 heterocycles. The molecule has 4 aliphatic carbocycles. The van der Waals surface area contributed by atoms with Crippen LogP contribution in [0.15, 0.2) is 23.8 Å². The first-order chi connectivity index (χ1) is 14.4. The molecule has 0 aliphatic heterocycles. The van der Waals surface area contributed by atoms with Gasteiger partial charge in [-0.2, -0.15) is 0 Å². The minimum absolute atomic E-state index is 0.0324. The first kappa shape index (κ1) is 23.6. The minimum atomic E-state index is -0.140. The van der Waals surface area contributed by atoms with E-state index in [1.807, 2.05) is 5.57 Å². The van der Waals surface area contributed by atoms with Crippen LogP contribution in [-0.4, -0.2) is 11.2 Å². The Morgan fingerprint density at radius 3 is 2.39 bits per heavy atom. The summed E-state index contributed by atoms with van der Waals surface area (Å²) < 4.78 is 0. The highest BCUT2D eigenvalue weighted by Crippen LogP contribution is 2.73. The maximum absolute atomic E-state index is 10.8. The van der Waals surface area contributed by atoms with Crippen molar-refractivity contribution in [1.82, 2.24) is 0 Å². The number of fused-ring (bicyclic) bond motifs is 5. The van der Waals surface area contributed by atoms with Gasteiger partial charge in [-0.3, -0.25) is 0 Å². The summed E-state index contributed by atoms with van der Waals surface area (Å²) in [4.78, 5) is 0. The summed E-state index contributed by atoms with van der Waals surface area (Å²) in [7, 11) is 0. The number of allylic oxidation sites excluding steroid dienone is 4.